The molecule has 0 atom stereocenters. The van der Waals surface area contributed by atoms with E-state index in [1.54, 1.807) is 0 Å². The van der Waals surface area contributed by atoms with Crippen molar-refractivity contribution in [3.8, 4) is 11.3 Å². The van der Waals surface area contributed by atoms with Gasteiger partial charge in [0, 0.05) is 12.6 Å². The Morgan fingerprint density at radius 1 is 1.39 bits per heavy atom. The highest BCUT2D eigenvalue weighted by Gasteiger charge is 2.16. The van der Waals surface area contributed by atoms with Crippen molar-refractivity contribution in [1.82, 2.24) is 9.78 Å². The Morgan fingerprint density at radius 3 is 2.56 bits per heavy atom. The van der Waals surface area contributed by atoms with Gasteiger partial charge in [-0.15, -0.1) is 0 Å². The molecule has 7 heteroatoms. The van der Waals surface area contributed by atoms with Gasteiger partial charge >= 0.3 is 5.97 Å². The van der Waals surface area contributed by atoms with Crippen molar-refractivity contribution in [1.29, 1.82) is 0 Å². The number of hydrogen-bond acceptors (Lipinski definition) is 2. The van der Waals surface area contributed by atoms with Gasteiger partial charge in [0.1, 0.15) is 0 Å². The van der Waals surface area contributed by atoms with Gasteiger partial charge in [-0.3, -0.25) is 4.68 Å². The average molecular weight is 273 g/mol. The van der Waals surface area contributed by atoms with Crippen LogP contribution in [0.4, 0.5) is 8.78 Å². The van der Waals surface area contributed by atoms with Crippen LogP contribution in [0.25, 0.3) is 11.3 Å². The average Bonchev–Trinajstić information content (AvgIpc) is 2.68. The summed E-state index contributed by atoms with van der Waals surface area (Å²) in [6.45, 7) is 0. The van der Waals surface area contributed by atoms with Gasteiger partial charge in [-0.2, -0.15) is 5.10 Å². The molecule has 0 aliphatic rings. The van der Waals surface area contributed by atoms with E-state index in [0.717, 1.165) is 6.07 Å². The third-order valence-corrected chi connectivity index (χ3v) is 2.65. The fourth-order valence-corrected chi connectivity index (χ4v) is 1.75. The van der Waals surface area contributed by atoms with Crippen LogP contribution in [-0.4, -0.2) is 20.9 Å². The molecule has 0 aliphatic heterocycles. The van der Waals surface area contributed by atoms with Gasteiger partial charge in [-0.1, -0.05) is 11.6 Å². The summed E-state index contributed by atoms with van der Waals surface area (Å²) in [4.78, 5) is 10.7. The van der Waals surface area contributed by atoms with Crippen LogP contribution in [0.5, 0.6) is 0 Å². The Morgan fingerprint density at radius 2 is 2.06 bits per heavy atom. The zero-order valence-corrected chi connectivity index (χ0v) is 9.87. The topological polar surface area (TPSA) is 55.1 Å². The van der Waals surface area contributed by atoms with E-state index in [1.807, 2.05) is 0 Å². The molecule has 1 aromatic heterocycles. The molecule has 18 heavy (non-hydrogen) atoms. The van der Waals surface area contributed by atoms with Crippen molar-refractivity contribution < 1.29 is 18.7 Å². The third-order valence-electron chi connectivity index (χ3n) is 2.38. The summed E-state index contributed by atoms with van der Waals surface area (Å²) in [6, 6.07) is 3.40. The minimum Gasteiger partial charge on any atom is -0.476 e. The lowest BCUT2D eigenvalue weighted by molar-refractivity contribution is 0.0689. The second-order valence-electron chi connectivity index (χ2n) is 3.60. The number of rotatable bonds is 2. The summed E-state index contributed by atoms with van der Waals surface area (Å²) in [5.74, 6) is -3.44. The Balaban J connectivity index is 2.58. The summed E-state index contributed by atoms with van der Waals surface area (Å²) >= 11 is 5.53. The number of halogens is 3. The lowest BCUT2D eigenvalue weighted by atomic mass is 10.1. The van der Waals surface area contributed by atoms with Crippen molar-refractivity contribution in [2.45, 2.75) is 0 Å². The summed E-state index contributed by atoms with van der Waals surface area (Å²) < 4.78 is 27.5. The number of aromatic nitrogens is 2. The molecule has 1 heterocycles. The molecule has 0 saturated heterocycles. The molecule has 0 aliphatic carbocycles. The van der Waals surface area contributed by atoms with Crippen molar-refractivity contribution >= 4 is 17.6 Å². The number of aryl methyl sites for hydroxylation is 1. The van der Waals surface area contributed by atoms with Crippen LogP contribution in [0.2, 0.25) is 5.02 Å². The number of benzene rings is 1. The van der Waals surface area contributed by atoms with Gasteiger partial charge in [-0.25, -0.2) is 13.6 Å². The molecule has 0 fully saturated rings. The molecule has 0 spiro atoms. The second-order valence-corrected chi connectivity index (χ2v) is 4.00. The highest BCUT2D eigenvalue weighted by molar-refractivity contribution is 6.31. The maximum atomic E-state index is 13.2. The first-order chi connectivity index (χ1) is 8.40. The van der Waals surface area contributed by atoms with Gasteiger partial charge in [0.15, 0.2) is 17.3 Å². The van der Waals surface area contributed by atoms with E-state index in [9.17, 15) is 13.6 Å². The molecule has 94 valence electrons. The SMILES string of the molecule is Cn1nc(C(=O)O)cc1-c1cc(F)c(F)c(Cl)c1. The van der Waals surface area contributed by atoms with Crippen molar-refractivity contribution in [2.24, 2.45) is 7.05 Å². The predicted molar refractivity (Wildman–Crippen MR) is 60.5 cm³/mol. The van der Waals surface area contributed by atoms with Gasteiger partial charge in [0.05, 0.1) is 10.7 Å². The third kappa shape index (κ3) is 2.06. The van der Waals surface area contributed by atoms with Gasteiger partial charge in [-0.05, 0) is 18.2 Å². The zero-order chi connectivity index (χ0) is 13.4. The summed E-state index contributed by atoms with van der Waals surface area (Å²) in [6.07, 6.45) is 0. The van der Waals surface area contributed by atoms with Crippen LogP contribution >= 0.6 is 11.6 Å². The summed E-state index contributed by atoms with van der Waals surface area (Å²) in [7, 11) is 1.50. The molecule has 0 unspecified atom stereocenters. The minimum atomic E-state index is -1.20. The largest absolute Gasteiger partial charge is 0.476 e. The number of carbonyl (C=O) groups is 1. The maximum absolute atomic E-state index is 13.2. The van der Waals surface area contributed by atoms with E-state index in [-0.39, 0.29) is 16.3 Å². The molecule has 1 N–H and O–H groups in total. The Labute approximate surface area is 105 Å². The maximum Gasteiger partial charge on any atom is 0.356 e. The van der Waals surface area contributed by atoms with Crippen LogP contribution in [0.3, 0.4) is 0 Å². The predicted octanol–water partition coefficient (Wildman–Crippen LogP) is 2.72. The van der Waals surface area contributed by atoms with Crippen LogP contribution in [0.1, 0.15) is 10.5 Å². The molecule has 4 nitrogen and oxygen atoms in total. The van der Waals surface area contributed by atoms with E-state index < -0.39 is 17.6 Å². The van der Waals surface area contributed by atoms with Crippen molar-refractivity contribution in [3.63, 3.8) is 0 Å². The molecule has 0 radical (unpaired) electrons. The summed E-state index contributed by atoms with van der Waals surface area (Å²) in [5.41, 5.74) is 0.392. The van der Waals surface area contributed by atoms with Crippen LogP contribution in [0.15, 0.2) is 18.2 Å². The van der Waals surface area contributed by atoms with E-state index in [1.165, 1.54) is 23.9 Å². The van der Waals surface area contributed by atoms with Gasteiger partial charge < -0.3 is 5.11 Å². The molecule has 1 aromatic carbocycles. The first-order valence-corrected chi connectivity index (χ1v) is 5.20. The van der Waals surface area contributed by atoms with Crippen LogP contribution < -0.4 is 0 Å². The lowest BCUT2D eigenvalue weighted by Gasteiger charge is -2.04. The van der Waals surface area contributed by atoms with E-state index in [2.05, 4.69) is 5.10 Å². The van der Waals surface area contributed by atoms with Gasteiger partial charge in [0.2, 0.25) is 0 Å². The quantitative estimate of drug-likeness (QED) is 0.855. The molecule has 2 aromatic rings. The number of aromatic carboxylic acids is 1. The second kappa shape index (κ2) is 4.38. The first-order valence-electron chi connectivity index (χ1n) is 4.82. The lowest BCUT2D eigenvalue weighted by Crippen LogP contribution is -1.99. The fraction of sp³-hybridized carbons (Fsp3) is 0.0909. The molecule has 0 saturated carbocycles. The minimum absolute atomic E-state index is 0.187. The highest BCUT2D eigenvalue weighted by Crippen LogP contribution is 2.27. The van der Waals surface area contributed by atoms with E-state index >= 15 is 0 Å². The smallest absolute Gasteiger partial charge is 0.356 e. The van der Waals surface area contributed by atoms with Crippen molar-refractivity contribution in [2.75, 3.05) is 0 Å². The normalized spacial score (nSPS) is 10.7. The molecule has 2 rings (SSSR count). The van der Waals surface area contributed by atoms with E-state index in [4.69, 9.17) is 16.7 Å². The molecule has 0 amide bonds. The molecule has 0 bridgehead atoms. The number of nitrogens with zero attached hydrogens (tertiary/aromatic N) is 2. The molecular formula is C11H7ClF2N2O2. The Kier molecular flexibility index (Phi) is 3.04. The van der Waals surface area contributed by atoms with E-state index in [0.29, 0.717) is 5.69 Å². The standard InChI is InChI=1S/C11H7ClF2N2O2/c1-16-9(4-8(15-16)11(17)18)5-2-6(12)10(14)7(13)3-5/h2-4H,1H3,(H,17,18). The highest BCUT2D eigenvalue weighted by atomic mass is 35.5. The molecular weight excluding hydrogens is 266 g/mol. The number of carboxylic acid groups (broad SMARTS) is 1. The van der Waals surface area contributed by atoms with Crippen molar-refractivity contribution in [3.05, 3.63) is 40.6 Å². The van der Waals surface area contributed by atoms with Gasteiger partial charge in [0.25, 0.3) is 0 Å². The van der Waals surface area contributed by atoms with Crippen LogP contribution in [0, 0.1) is 11.6 Å². The Bertz CT molecular complexity index is 617. The summed E-state index contributed by atoms with van der Waals surface area (Å²) in [5, 5.41) is 12.1. The first kappa shape index (κ1) is 12.5. The monoisotopic (exact) mass is 272 g/mol. The zero-order valence-electron chi connectivity index (χ0n) is 9.12. The number of carboxylic acids is 1. The van der Waals surface area contributed by atoms with Crippen LogP contribution in [-0.2, 0) is 7.05 Å². The fourth-order valence-electron chi connectivity index (χ4n) is 1.55. The number of hydrogen-bond donors (Lipinski definition) is 1. The Hall–Kier alpha value is -1.95.